The molecule has 2 atom stereocenters. The Labute approximate surface area is 154 Å². The second-order valence-electron chi connectivity index (χ2n) is 6.97. The lowest BCUT2D eigenvalue weighted by Gasteiger charge is -2.37. The zero-order chi connectivity index (χ0) is 20.5. The minimum absolute atomic E-state index is 0.208. The van der Waals surface area contributed by atoms with Crippen LogP contribution < -0.4 is 10.1 Å². The van der Waals surface area contributed by atoms with Crippen LogP contribution in [0, 0.1) is 23.7 Å². The van der Waals surface area contributed by atoms with Crippen molar-refractivity contribution in [3.63, 3.8) is 0 Å². The van der Waals surface area contributed by atoms with E-state index in [-0.39, 0.29) is 5.82 Å². The van der Waals surface area contributed by atoms with Crippen molar-refractivity contribution in [2.24, 2.45) is 5.41 Å². The molecule has 0 saturated carbocycles. The van der Waals surface area contributed by atoms with Crippen LogP contribution in [-0.2, 0) is 11.0 Å². The van der Waals surface area contributed by atoms with Crippen molar-refractivity contribution in [1.82, 2.24) is 15.3 Å². The molecule has 1 N–H and O–H groups in total. The Morgan fingerprint density at radius 1 is 1.27 bits per heavy atom. The SMILES string of the molecule is Cc1nc(OC(C)C(=O)NC(C)(C#N)C(C)(C)C)c(Cl)c(C(F)(F)F)n1. The third-order valence-electron chi connectivity index (χ3n) is 3.96. The van der Waals surface area contributed by atoms with Crippen LogP contribution in [-0.4, -0.2) is 27.5 Å². The number of carbonyl (C=O) groups excluding carboxylic acids is 1. The molecular weight excluding hydrogens is 373 g/mol. The molecule has 0 saturated heterocycles. The summed E-state index contributed by atoms with van der Waals surface area (Å²) >= 11 is 5.69. The maximum absolute atomic E-state index is 13.0. The fourth-order valence-corrected chi connectivity index (χ4v) is 1.99. The van der Waals surface area contributed by atoms with Gasteiger partial charge in [-0.2, -0.15) is 23.4 Å². The Bertz CT molecular complexity index is 741. The summed E-state index contributed by atoms with van der Waals surface area (Å²) in [5.41, 5.74) is -3.15. The number of carbonyl (C=O) groups is 1. The standard InChI is InChI=1S/C16H20ClF3N4O2/c1-8(12(25)24-15(6,7-21)14(3,4)5)26-13-10(17)11(16(18,19)20)22-9(2)23-13/h8H,1-6H3,(H,24,25). The van der Waals surface area contributed by atoms with Crippen LogP contribution in [0.4, 0.5) is 13.2 Å². The Kier molecular flexibility index (Phi) is 6.14. The average molecular weight is 393 g/mol. The topological polar surface area (TPSA) is 87.9 Å². The Morgan fingerprint density at radius 3 is 2.23 bits per heavy atom. The molecule has 1 amide bonds. The summed E-state index contributed by atoms with van der Waals surface area (Å²) in [7, 11) is 0. The van der Waals surface area contributed by atoms with E-state index in [9.17, 15) is 23.2 Å². The van der Waals surface area contributed by atoms with E-state index in [1.165, 1.54) is 13.8 Å². The number of ether oxygens (including phenoxy) is 1. The van der Waals surface area contributed by atoms with Crippen LogP contribution in [0.2, 0.25) is 5.02 Å². The number of aryl methyl sites for hydroxylation is 1. The van der Waals surface area contributed by atoms with Gasteiger partial charge in [0, 0.05) is 0 Å². The molecule has 0 aliphatic heterocycles. The normalized spacial score (nSPS) is 15.6. The van der Waals surface area contributed by atoms with Gasteiger partial charge in [-0.05, 0) is 26.2 Å². The van der Waals surface area contributed by atoms with Gasteiger partial charge >= 0.3 is 6.18 Å². The van der Waals surface area contributed by atoms with Crippen molar-refractivity contribution in [2.45, 2.75) is 59.4 Å². The first kappa shape index (κ1) is 22.0. The molecule has 0 aliphatic rings. The van der Waals surface area contributed by atoms with Crippen LogP contribution in [0.1, 0.15) is 46.1 Å². The minimum Gasteiger partial charge on any atom is -0.463 e. The number of hydrogen-bond acceptors (Lipinski definition) is 5. The van der Waals surface area contributed by atoms with Crippen molar-refractivity contribution in [1.29, 1.82) is 5.26 Å². The predicted octanol–water partition coefficient (Wildman–Crippen LogP) is 3.67. The molecule has 6 nitrogen and oxygen atoms in total. The van der Waals surface area contributed by atoms with Gasteiger partial charge in [0.15, 0.2) is 11.8 Å². The van der Waals surface area contributed by atoms with Gasteiger partial charge in [-0.3, -0.25) is 4.79 Å². The van der Waals surface area contributed by atoms with E-state index in [2.05, 4.69) is 15.3 Å². The molecule has 1 heterocycles. The molecule has 26 heavy (non-hydrogen) atoms. The number of aromatic nitrogens is 2. The molecule has 2 unspecified atom stereocenters. The summed E-state index contributed by atoms with van der Waals surface area (Å²) in [6.45, 7) is 9.40. The van der Waals surface area contributed by atoms with E-state index < -0.39 is 45.7 Å². The molecule has 10 heteroatoms. The number of hydrogen-bond donors (Lipinski definition) is 1. The maximum atomic E-state index is 13.0. The summed E-state index contributed by atoms with van der Waals surface area (Å²) in [5, 5.41) is 11.1. The molecule has 0 spiro atoms. The summed E-state index contributed by atoms with van der Waals surface area (Å²) in [6, 6.07) is 2.03. The van der Waals surface area contributed by atoms with Crippen LogP contribution in [0.15, 0.2) is 0 Å². The quantitative estimate of drug-likeness (QED) is 0.844. The van der Waals surface area contributed by atoms with Crippen LogP contribution in [0.3, 0.4) is 0 Å². The largest absolute Gasteiger partial charge is 0.463 e. The number of halogens is 4. The van der Waals surface area contributed by atoms with E-state index in [4.69, 9.17) is 16.3 Å². The van der Waals surface area contributed by atoms with Crippen molar-refractivity contribution < 1.29 is 22.7 Å². The van der Waals surface area contributed by atoms with Gasteiger partial charge < -0.3 is 10.1 Å². The lowest BCUT2D eigenvalue weighted by atomic mass is 9.76. The summed E-state index contributed by atoms with van der Waals surface area (Å²) < 4.78 is 44.1. The van der Waals surface area contributed by atoms with E-state index in [0.717, 1.165) is 0 Å². The fraction of sp³-hybridized carbons (Fsp3) is 0.625. The van der Waals surface area contributed by atoms with Crippen molar-refractivity contribution >= 4 is 17.5 Å². The first-order valence-electron chi connectivity index (χ1n) is 7.63. The van der Waals surface area contributed by atoms with E-state index in [1.807, 2.05) is 6.07 Å². The summed E-state index contributed by atoms with van der Waals surface area (Å²) in [5.74, 6) is -1.45. The van der Waals surface area contributed by atoms with Gasteiger partial charge in [-0.25, -0.2) is 4.98 Å². The Morgan fingerprint density at radius 2 is 1.81 bits per heavy atom. The molecule has 0 bridgehead atoms. The summed E-state index contributed by atoms with van der Waals surface area (Å²) in [4.78, 5) is 19.3. The number of amides is 1. The zero-order valence-corrected chi connectivity index (χ0v) is 16.0. The molecule has 144 valence electrons. The second kappa shape index (κ2) is 7.27. The number of nitriles is 1. The van der Waals surface area contributed by atoms with Crippen molar-refractivity contribution in [3.8, 4) is 11.9 Å². The van der Waals surface area contributed by atoms with Gasteiger partial charge in [0.05, 0.1) is 6.07 Å². The number of rotatable bonds is 4. The Hall–Kier alpha value is -2.08. The first-order valence-corrected chi connectivity index (χ1v) is 8.01. The molecule has 0 radical (unpaired) electrons. The van der Waals surface area contributed by atoms with E-state index >= 15 is 0 Å². The number of alkyl halides is 3. The minimum atomic E-state index is -4.79. The summed E-state index contributed by atoms with van der Waals surface area (Å²) in [6.07, 6.45) is -6.03. The fourth-order valence-electron chi connectivity index (χ4n) is 1.75. The van der Waals surface area contributed by atoms with Gasteiger partial charge in [0.2, 0.25) is 5.88 Å². The number of nitrogens with zero attached hydrogens (tertiary/aromatic N) is 3. The molecule has 1 aromatic rings. The lowest BCUT2D eigenvalue weighted by molar-refractivity contribution is -0.141. The average Bonchev–Trinajstić information content (AvgIpc) is 2.47. The van der Waals surface area contributed by atoms with E-state index in [0.29, 0.717) is 0 Å². The molecule has 1 rings (SSSR count). The third kappa shape index (κ3) is 4.75. The van der Waals surface area contributed by atoms with Crippen LogP contribution in [0.25, 0.3) is 0 Å². The molecule has 0 aromatic carbocycles. The highest BCUT2D eigenvalue weighted by molar-refractivity contribution is 6.32. The van der Waals surface area contributed by atoms with Gasteiger partial charge in [0.1, 0.15) is 16.4 Å². The van der Waals surface area contributed by atoms with E-state index in [1.54, 1.807) is 27.7 Å². The first-order chi connectivity index (χ1) is 11.6. The van der Waals surface area contributed by atoms with Crippen LogP contribution >= 0.6 is 11.6 Å². The highest BCUT2D eigenvalue weighted by Gasteiger charge is 2.41. The predicted molar refractivity (Wildman–Crippen MR) is 88.5 cm³/mol. The highest BCUT2D eigenvalue weighted by Crippen LogP contribution is 2.37. The molecule has 1 aromatic heterocycles. The molecular formula is C16H20ClF3N4O2. The monoisotopic (exact) mass is 392 g/mol. The Balaban J connectivity index is 3.09. The second-order valence-corrected chi connectivity index (χ2v) is 7.35. The maximum Gasteiger partial charge on any atom is 0.435 e. The van der Waals surface area contributed by atoms with Gasteiger partial charge in [-0.1, -0.05) is 32.4 Å². The van der Waals surface area contributed by atoms with Crippen molar-refractivity contribution in [2.75, 3.05) is 0 Å². The lowest BCUT2D eigenvalue weighted by Crippen LogP contribution is -2.56. The highest BCUT2D eigenvalue weighted by atomic mass is 35.5. The van der Waals surface area contributed by atoms with Crippen LogP contribution in [0.5, 0.6) is 5.88 Å². The zero-order valence-electron chi connectivity index (χ0n) is 15.2. The van der Waals surface area contributed by atoms with Gasteiger partial charge in [-0.15, -0.1) is 0 Å². The van der Waals surface area contributed by atoms with Crippen molar-refractivity contribution in [3.05, 3.63) is 16.5 Å². The molecule has 0 fully saturated rings. The molecule has 0 aliphatic carbocycles. The van der Waals surface area contributed by atoms with Gasteiger partial charge in [0.25, 0.3) is 5.91 Å². The smallest absolute Gasteiger partial charge is 0.435 e. The third-order valence-corrected chi connectivity index (χ3v) is 4.30. The number of nitrogens with one attached hydrogen (secondary N) is 1.